The number of ether oxygens (including phenoxy) is 1. The van der Waals surface area contributed by atoms with Gasteiger partial charge in [0, 0.05) is 23.5 Å². The van der Waals surface area contributed by atoms with Gasteiger partial charge in [0.2, 0.25) is 11.8 Å². The smallest absolute Gasteiger partial charge is 0.243 e. The van der Waals surface area contributed by atoms with Crippen LogP contribution in [0.1, 0.15) is 57.7 Å². The zero-order valence-electron chi connectivity index (χ0n) is 25.1. The van der Waals surface area contributed by atoms with Crippen molar-refractivity contribution >= 4 is 23.4 Å². The highest BCUT2D eigenvalue weighted by atomic mass is 35.5. The number of hydrogen-bond donors (Lipinski definition) is 2. The van der Waals surface area contributed by atoms with Crippen molar-refractivity contribution in [3.05, 3.63) is 101 Å². The zero-order chi connectivity index (χ0) is 30.0. The van der Waals surface area contributed by atoms with Crippen molar-refractivity contribution in [2.45, 2.75) is 78.2 Å². The molecule has 0 fully saturated rings. The quantitative estimate of drug-likeness (QED) is 0.246. The largest absolute Gasteiger partial charge is 0.489 e. The molecule has 0 radical (unpaired) electrons. The third kappa shape index (κ3) is 11.2. The highest BCUT2D eigenvalue weighted by molar-refractivity contribution is 6.30. The van der Waals surface area contributed by atoms with Crippen LogP contribution in [0.3, 0.4) is 0 Å². The summed E-state index contributed by atoms with van der Waals surface area (Å²) in [6, 6.07) is 24.2. The van der Waals surface area contributed by atoms with Gasteiger partial charge in [-0.3, -0.25) is 14.5 Å². The van der Waals surface area contributed by atoms with Crippen LogP contribution in [0.4, 0.5) is 0 Å². The molecule has 2 atom stereocenters. The fourth-order valence-electron chi connectivity index (χ4n) is 4.55. The second kappa shape index (κ2) is 15.0. The Morgan fingerprint density at radius 2 is 1.46 bits per heavy atom. The second-order valence-electron chi connectivity index (χ2n) is 12.1. The number of carbonyl (C=O) groups excluding carboxylic acids is 2. The maximum atomic E-state index is 13.7. The topological polar surface area (TPSA) is 70.7 Å². The number of hydrogen-bond acceptors (Lipinski definition) is 4. The molecule has 0 aromatic heterocycles. The third-order valence-electron chi connectivity index (χ3n) is 6.62. The van der Waals surface area contributed by atoms with Gasteiger partial charge in [-0.2, -0.15) is 0 Å². The Hall–Kier alpha value is -3.35. The summed E-state index contributed by atoms with van der Waals surface area (Å²) in [6.07, 6.45) is 1.03. The van der Waals surface area contributed by atoms with Crippen LogP contribution in [0.2, 0.25) is 5.02 Å². The van der Waals surface area contributed by atoms with Crippen molar-refractivity contribution in [1.29, 1.82) is 0 Å². The molecule has 7 heteroatoms. The van der Waals surface area contributed by atoms with Crippen LogP contribution in [0.25, 0.3) is 0 Å². The number of carbonyl (C=O) groups is 2. The predicted molar refractivity (Wildman–Crippen MR) is 167 cm³/mol. The van der Waals surface area contributed by atoms with Gasteiger partial charge < -0.3 is 15.4 Å². The van der Waals surface area contributed by atoms with Gasteiger partial charge in [-0.1, -0.05) is 80.0 Å². The molecule has 41 heavy (non-hydrogen) atoms. The first kappa shape index (κ1) is 32.2. The molecule has 0 aliphatic carbocycles. The Morgan fingerprint density at radius 3 is 2.05 bits per heavy atom. The Bertz CT molecular complexity index is 1240. The fraction of sp³-hybridized carbons (Fsp3) is 0.412. The normalized spacial score (nSPS) is 13.1. The van der Waals surface area contributed by atoms with Crippen LogP contribution in [0, 0.1) is 5.92 Å². The van der Waals surface area contributed by atoms with E-state index in [2.05, 4.69) is 24.5 Å². The van der Waals surface area contributed by atoms with Crippen molar-refractivity contribution in [1.82, 2.24) is 15.5 Å². The fourth-order valence-corrected chi connectivity index (χ4v) is 4.68. The van der Waals surface area contributed by atoms with Crippen molar-refractivity contribution in [2.75, 3.05) is 7.05 Å². The average molecular weight is 578 g/mol. The third-order valence-corrected chi connectivity index (χ3v) is 6.87. The van der Waals surface area contributed by atoms with Crippen LogP contribution < -0.4 is 15.4 Å². The van der Waals surface area contributed by atoms with Gasteiger partial charge in [0.05, 0.1) is 6.04 Å². The van der Waals surface area contributed by atoms with Gasteiger partial charge in [-0.05, 0) is 81.1 Å². The molecule has 220 valence electrons. The molecule has 2 N–H and O–H groups in total. The van der Waals surface area contributed by atoms with Gasteiger partial charge in [0.1, 0.15) is 18.4 Å². The van der Waals surface area contributed by atoms with Crippen molar-refractivity contribution in [2.24, 2.45) is 5.92 Å². The monoisotopic (exact) mass is 577 g/mol. The minimum atomic E-state index is -0.726. The number of nitrogens with one attached hydrogen (secondary N) is 2. The summed E-state index contributed by atoms with van der Waals surface area (Å²) < 4.78 is 5.92. The minimum absolute atomic E-state index is 0.160. The van der Waals surface area contributed by atoms with Crippen molar-refractivity contribution in [3.63, 3.8) is 0 Å². The first-order chi connectivity index (χ1) is 19.4. The van der Waals surface area contributed by atoms with E-state index in [0.29, 0.717) is 36.9 Å². The minimum Gasteiger partial charge on any atom is -0.489 e. The van der Waals surface area contributed by atoms with Crippen LogP contribution in [0.15, 0.2) is 78.9 Å². The van der Waals surface area contributed by atoms with E-state index in [1.54, 1.807) is 0 Å². The lowest BCUT2D eigenvalue weighted by Crippen LogP contribution is -2.56. The van der Waals surface area contributed by atoms with E-state index in [0.717, 1.165) is 22.4 Å². The van der Waals surface area contributed by atoms with Crippen molar-refractivity contribution < 1.29 is 14.3 Å². The van der Waals surface area contributed by atoms with Gasteiger partial charge in [0.15, 0.2) is 0 Å². The highest BCUT2D eigenvalue weighted by Crippen LogP contribution is 2.18. The number of amides is 2. The summed E-state index contributed by atoms with van der Waals surface area (Å²) in [5.41, 5.74) is 2.66. The lowest BCUT2D eigenvalue weighted by molar-refractivity contribution is -0.132. The summed E-state index contributed by atoms with van der Waals surface area (Å²) in [5.74, 6) is 0.674. The van der Waals surface area contributed by atoms with Gasteiger partial charge in [-0.15, -0.1) is 0 Å². The van der Waals surface area contributed by atoms with E-state index in [1.807, 2.05) is 112 Å². The lowest BCUT2D eigenvalue weighted by Gasteiger charge is -2.31. The molecular formula is C34H44ClN3O3. The summed E-state index contributed by atoms with van der Waals surface area (Å²) in [5, 5.41) is 6.81. The summed E-state index contributed by atoms with van der Waals surface area (Å²) in [6.45, 7) is 11.1. The standard InChI is InChI=1S/C34H44ClN3O3/c1-24(2)20-31(38(6)22-26-12-16-28(35)17-13-26)33(40)36-30(32(39)37-34(3,4)5)21-25-14-18-29(19-15-25)41-23-27-10-8-7-9-11-27/h7-19,24,30-31H,20-23H2,1-6H3,(H,36,40)(H,37,39)/t30-,31+/m0/s1. The van der Waals surface area contributed by atoms with Gasteiger partial charge in [0.25, 0.3) is 0 Å². The maximum absolute atomic E-state index is 13.7. The molecule has 0 spiro atoms. The van der Waals surface area contributed by atoms with Crippen LogP contribution in [-0.2, 0) is 29.2 Å². The van der Waals surface area contributed by atoms with E-state index < -0.39 is 17.6 Å². The Labute approximate surface area is 250 Å². The van der Waals surface area contributed by atoms with Crippen LogP contribution in [-0.4, -0.2) is 41.4 Å². The van der Waals surface area contributed by atoms with E-state index in [-0.39, 0.29) is 11.8 Å². The number of benzene rings is 3. The Morgan fingerprint density at radius 1 is 0.854 bits per heavy atom. The first-order valence-corrected chi connectivity index (χ1v) is 14.6. The molecular weight excluding hydrogens is 534 g/mol. The number of nitrogens with zero attached hydrogens (tertiary/aromatic N) is 1. The number of likely N-dealkylation sites (N-methyl/N-ethyl adjacent to an activating group) is 1. The van der Waals surface area contributed by atoms with Gasteiger partial charge >= 0.3 is 0 Å². The molecule has 0 saturated carbocycles. The number of halogens is 1. The molecule has 0 aliphatic rings. The van der Waals surface area contributed by atoms with E-state index in [4.69, 9.17) is 16.3 Å². The first-order valence-electron chi connectivity index (χ1n) is 14.2. The maximum Gasteiger partial charge on any atom is 0.243 e. The Balaban J connectivity index is 1.73. The van der Waals surface area contributed by atoms with Crippen LogP contribution in [0.5, 0.6) is 5.75 Å². The molecule has 0 saturated heterocycles. The van der Waals surface area contributed by atoms with E-state index in [1.165, 1.54) is 0 Å². The molecule has 3 aromatic rings. The number of rotatable bonds is 13. The molecule has 6 nitrogen and oxygen atoms in total. The summed E-state index contributed by atoms with van der Waals surface area (Å²) >= 11 is 6.06. The molecule has 0 unspecified atom stereocenters. The zero-order valence-corrected chi connectivity index (χ0v) is 25.9. The second-order valence-corrected chi connectivity index (χ2v) is 12.5. The average Bonchev–Trinajstić information content (AvgIpc) is 2.91. The van der Waals surface area contributed by atoms with Crippen LogP contribution >= 0.6 is 11.6 Å². The molecule has 3 rings (SSSR count). The Kier molecular flexibility index (Phi) is 11.8. The predicted octanol–water partition coefficient (Wildman–Crippen LogP) is 6.41. The van der Waals surface area contributed by atoms with Crippen molar-refractivity contribution in [3.8, 4) is 5.75 Å². The molecule has 0 heterocycles. The SMILES string of the molecule is CC(C)C[C@H](C(=O)N[C@@H](Cc1ccc(OCc2ccccc2)cc1)C(=O)NC(C)(C)C)N(C)Cc1ccc(Cl)cc1. The van der Waals surface area contributed by atoms with E-state index >= 15 is 0 Å². The molecule has 3 aromatic carbocycles. The highest BCUT2D eigenvalue weighted by Gasteiger charge is 2.30. The van der Waals surface area contributed by atoms with E-state index in [9.17, 15) is 9.59 Å². The lowest BCUT2D eigenvalue weighted by atomic mass is 9.99. The molecule has 0 aliphatic heterocycles. The summed E-state index contributed by atoms with van der Waals surface area (Å²) in [7, 11) is 1.94. The van der Waals surface area contributed by atoms with Gasteiger partial charge in [-0.25, -0.2) is 0 Å². The molecule has 2 amide bonds. The summed E-state index contributed by atoms with van der Waals surface area (Å²) in [4.78, 5) is 29.2. The molecule has 0 bridgehead atoms.